The number of hydrogen-bond acceptors (Lipinski definition) is 4. The van der Waals surface area contributed by atoms with Crippen LogP contribution in [0.2, 0.25) is 0 Å². The Bertz CT molecular complexity index is 347. The summed E-state index contributed by atoms with van der Waals surface area (Å²) in [5.41, 5.74) is 4.95. The summed E-state index contributed by atoms with van der Waals surface area (Å²) < 4.78 is 0. The van der Waals surface area contributed by atoms with E-state index < -0.39 is 6.03 Å². The lowest BCUT2D eigenvalue weighted by atomic mass is 9.82. The zero-order chi connectivity index (χ0) is 14.0. The highest BCUT2D eigenvalue weighted by Gasteiger charge is 2.36. The third-order valence-corrected chi connectivity index (χ3v) is 4.47. The predicted molar refractivity (Wildman–Crippen MR) is 72.5 cm³/mol. The largest absolute Gasteiger partial charge is 0.351 e. The molecule has 0 saturated carbocycles. The number of hydrogen-bond donors (Lipinski definition) is 3. The molecular formula is C13H24N4O2. The highest BCUT2D eigenvalue weighted by Crippen LogP contribution is 2.32. The second kappa shape index (κ2) is 5.88. The Hall–Kier alpha value is -1.14. The Labute approximate surface area is 114 Å². The molecule has 2 aliphatic heterocycles. The monoisotopic (exact) mass is 268 g/mol. The van der Waals surface area contributed by atoms with Gasteiger partial charge in [-0.15, -0.1) is 0 Å². The maximum atomic E-state index is 11.7. The fraction of sp³-hybridized carbons (Fsp3) is 0.846. The molecule has 0 aromatic rings. The van der Waals surface area contributed by atoms with Gasteiger partial charge in [0.1, 0.15) is 0 Å². The van der Waals surface area contributed by atoms with Crippen LogP contribution >= 0.6 is 0 Å². The van der Waals surface area contributed by atoms with E-state index in [-0.39, 0.29) is 11.9 Å². The molecule has 2 bridgehead atoms. The molecule has 4 N–H and O–H groups in total. The topological polar surface area (TPSA) is 87.5 Å². The summed E-state index contributed by atoms with van der Waals surface area (Å²) in [6.07, 6.45) is 5.94. The molecular weight excluding hydrogens is 244 g/mol. The number of piperidine rings is 2. The predicted octanol–water partition coefficient (Wildman–Crippen LogP) is 0.175. The number of carbonyl (C=O) groups excluding carboxylic acids is 2. The lowest BCUT2D eigenvalue weighted by Crippen LogP contribution is -2.57. The van der Waals surface area contributed by atoms with Gasteiger partial charge in [0.15, 0.2) is 0 Å². The van der Waals surface area contributed by atoms with Crippen molar-refractivity contribution >= 4 is 11.9 Å². The average Bonchev–Trinajstić information content (AvgIpc) is 2.29. The Kier molecular flexibility index (Phi) is 4.42. The molecule has 0 aliphatic carbocycles. The second-order valence-electron chi connectivity index (χ2n) is 5.81. The van der Waals surface area contributed by atoms with Gasteiger partial charge in [-0.2, -0.15) is 0 Å². The maximum Gasteiger partial charge on any atom is 0.318 e. The molecule has 0 radical (unpaired) electrons. The van der Waals surface area contributed by atoms with Crippen LogP contribution in [0.4, 0.5) is 4.79 Å². The number of fused-ring (bicyclic) bond motifs is 2. The molecule has 2 fully saturated rings. The van der Waals surface area contributed by atoms with Gasteiger partial charge in [0.05, 0.1) is 6.04 Å². The highest BCUT2D eigenvalue weighted by molar-refractivity contribution is 5.96. The summed E-state index contributed by atoms with van der Waals surface area (Å²) in [6, 6.07) is 0.411. The van der Waals surface area contributed by atoms with Crippen molar-refractivity contribution in [1.29, 1.82) is 0 Å². The lowest BCUT2D eigenvalue weighted by molar-refractivity contribution is -0.122. The molecule has 2 aliphatic rings. The number of rotatable bonds is 3. The average molecular weight is 268 g/mol. The third-order valence-electron chi connectivity index (χ3n) is 4.47. The molecule has 6 nitrogen and oxygen atoms in total. The Morgan fingerprint density at radius 1 is 1.26 bits per heavy atom. The van der Waals surface area contributed by atoms with Crippen molar-refractivity contribution in [1.82, 2.24) is 15.5 Å². The molecule has 2 saturated heterocycles. The summed E-state index contributed by atoms with van der Waals surface area (Å²) in [6.45, 7) is 1.77. The van der Waals surface area contributed by atoms with Gasteiger partial charge in [-0.25, -0.2) is 4.79 Å². The molecule has 0 spiro atoms. The molecule has 0 aromatic carbocycles. The van der Waals surface area contributed by atoms with E-state index in [9.17, 15) is 9.59 Å². The molecule has 2 rings (SSSR count). The molecule has 0 aromatic heterocycles. The van der Waals surface area contributed by atoms with Gasteiger partial charge >= 0.3 is 6.03 Å². The molecule has 2 heterocycles. The van der Waals surface area contributed by atoms with Gasteiger partial charge in [0.25, 0.3) is 0 Å². The van der Waals surface area contributed by atoms with Crippen LogP contribution < -0.4 is 16.4 Å². The van der Waals surface area contributed by atoms with Crippen LogP contribution in [0.25, 0.3) is 0 Å². The molecule has 19 heavy (non-hydrogen) atoms. The molecule has 6 heteroatoms. The number of carbonyl (C=O) groups is 2. The van der Waals surface area contributed by atoms with Crippen LogP contribution in [-0.2, 0) is 4.79 Å². The van der Waals surface area contributed by atoms with Crippen LogP contribution in [0.1, 0.15) is 39.0 Å². The van der Waals surface area contributed by atoms with Crippen LogP contribution in [0.3, 0.4) is 0 Å². The van der Waals surface area contributed by atoms with Crippen molar-refractivity contribution in [3.8, 4) is 0 Å². The van der Waals surface area contributed by atoms with Crippen LogP contribution in [0.15, 0.2) is 0 Å². The minimum Gasteiger partial charge on any atom is -0.351 e. The van der Waals surface area contributed by atoms with Crippen molar-refractivity contribution in [2.45, 2.75) is 63.2 Å². The fourth-order valence-electron chi connectivity index (χ4n) is 3.41. The normalized spacial score (nSPS) is 32.6. The van der Waals surface area contributed by atoms with Gasteiger partial charge in [-0.3, -0.25) is 10.1 Å². The Morgan fingerprint density at radius 2 is 1.84 bits per heavy atom. The summed E-state index contributed by atoms with van der Waals surface area (Å²) in [5, 5.41) is 5.44. The molecule has 3 amide bonds. The number of nitrogens with two attached hydrogens (primary N) is 1. The van der Waals surface area contributed by atoms with Crippen molar-refractivity contribution in [2.75, 3.05) is 7.05 Å². The minimum atomic E-state index is -0.793. The van der Waals surface area contributed by atoms with Crippen molar-refractivity contribution < 1.29 is 9.59 Å². The van der Waals surface area contributed by atoms with E-state index in [1.54, 1.807) is 6.92 Å². The van der Waals surface area contributed by atoms with E-state index in [0.717, 1.165) is 12.8 Å². The van der Waals surface area contributed by atoms with Gasteiger partial charge in [-0.05, 0) is 39.7 Å². The van der Waals surface area contributed by atoms with E-state index >= 15 is 0 Å². The quantitative estimate of drug-likeness (QED) is 0.681. The second-order valence-corrected chi connectivity index (χ2v) is 5.81. The summed E-state index contributed by atoms with van der Waals surface area (Å²) in [7, 11) is 2.20. The van der Waals surface area contributed by atoms with E-state index in [4.69, 9.17) is 5.73 Å². The standard InChI is InChI=1S/C13H24N4O2/c1-8(12(18)16-13(14)19)15-9-6-10-4-3-5-11(7-9)17(10)2/h8-11,15H,3-7H2,1-2H3,(H3,14,16,18,19). The van der Waals surface area contributed by atoms with Gasteiger partial charge in [0, 0.05) is 18.1 Å². The maximum absolute atomic E-state index is 11.7. The first kappa shape index (κ1) is 14.3. The van der Waals surface area contributed by atoms with Gasteiger partial charge in [-0.1, -0.05) is 6.42 Å². The molecule has 3 atom stereocenters. The Balaban J connectivity index is 1.86. The van der Waals surface area contributed by atoms with Gasteiger partial charge in [0.2, 0.25) is 5.91 Å². The minimum absolute atomic E-state index is 0.347. The molecule has 3 unspecified atom stereocenters. The smallest absolute Gasteiger partial charge is 0.318 e. The van der Waals surface area contributed by atoms with Crippen LogP contribution in [0, 0.1) is 0 Å². The number of imide groups is 1. The number of nitrogens with one attached hydrogen (secondary N) is 2. The molecule has 108 valence electrons. The van der Waals surface area contributed by atoms with Crippen molar-refractivity contribution in [3.63, 3.8) is 0 Å². The Morgan fingerprint density at radius 3 is 2.37 bits per heavy atom. The lowest BCUT2D eigenvalue weighted by Gasteiger charge is -2.47. The fourth-order valence-corrected chi connectivity index (χ4v) is 3.41. The third kappa shape index (κ3) is 3.45. The van der Waals surface area contributed by atoms with Crippen LogP contribution in [-0.4, -0.2) is 48.1 Å². The van der Waals surface area contributed by atoms with E-state index in [1.807, 2.05) is 0 Å². The summed E-state index contributed by atoms with van der Waals surface area (Å²) in [4.78, 5) is 24.8. The van der Waals surface area contributed by atoms with E-state index in [1.165, 1.54) is 19.3 Å². The van der Waals surface area contributed by atoms with Crippen molar-refractivity contribution in [2.24, 2.45) is 5.73 Å². The van der Waals surface area contributed by atoms with Crippen molar-refractivity contribution in [3.05, 3.63) is 0 Å². The van der Waals surface area contributed by atoms with E-state index in [0.29, 0.717) is 18.1 Å². The highest BCUT2D eigenvalue weighted by atomic mass is 16.2. The first-order chi connectivity index (χ1) is 8.97. The van der Waals surface area contributed by atoms with Crippen LogP contribution in [0.5, 0.6) is 0 Å². The summed E-state index contributed by atoms with van der Waals surface area (Å²) >= 11 is 0. The number of primary amides is 1. The number of urea groups is 1. The number of nitrogens with zero attached hydrogens (tertiary/aromatic N) is 1. The van der Waals surface area contributed by atoms with E-state index in [2.05, 4.69) is 22.6 Å². The first-order valence-electron chi connectivity index (χ1n) is 7.05. The first-order valence-corrected chi connectivity index (χ1v) is 7.05. The van der Waals surface area contributed by atoms with Gasteiger partial charge < -0.3 is 16.0 Å². The zero-order valence-corrected chi connectivity index (χ0v) is 11.7. The zero-order valence-electron chi connectivity index (χ0n) is 11.7. The summed E-state index contributed by atoms with van der Waals surface area (Å²) in [5.74, 6) is -0.350. The SMILES string of the molecule is CC(NC1CC2CCCC(C1)N2C)C(=O)NC(N)=O. The number of amides is 3.